The number of hydrogen-bond acceptors (Lipinski definition) is 5. The zero-order chi connectivity index (χ0) is 15.0. The Hall–Kier alpha value is -1.93. The second-order valence-electron chi connectivity index (χ2n) is 4.91. The van der Waals surface area contributed by atoms with Crippen molar-refractivity contribution in [2.24, 2.45) is 4.40 Å². The Kier molecular flexibility index (Phi) is 3.42. The fourth-order valence-electron chi connectivity index (χ4n) is 2.60. The second-order valence-corrected chi connectivity index (χ2v) is 6.48. The summed E-state index contributed by atoms with van der Waals surface area (Å²) in [6, 6.07) is 6.15. The largest absolute Gasteiger partial charge is 0.481 e. The van der Waals surface area contributed by atoms with Crippen LogP contribution >= 0.6 is 0 Å². The number of benzene rings is 1. The highest BCUT2D eigenvalue weighted by Crippen LogP contribution is 2.29. The minimum atomic E-state index is -3.70. The number of morpholine rings is 1. The molecule has 21 heavy (non-hydrogen) atoms. The van der Waals surface area contributed by atoms with E-state index in [1.807, 2.05) is 0 Å². The first-order valence-corrected chi connectivity index (χ1v) is 7.93. The summed E-state index contributed by atoms with van der Waals surface area (Å²) in [6.07, 6.45) is -0.124. The molecule has 0 spiro atoms. The normalized spacial score (nSPS) is 23.5. The van der Waals surface area contributed by atoms with Gasteiger partial charge in [0.1, 0.15) is 4.90 Å². The molecule has 0 aliphatic carbocycles. The van der Waals surface area contributed by atoms with Gasteiger partial charge in [0.25, 0.3) is 10.0 Å². The summed E-state index contributed by atoms with van der Waals surface area (Å²) in [4.78, 5) is 12.9. The first kappa shape index (κ1) is 14.0. The van der Waals surface area contributed by atoms with Crippen LogP contribution in [0.1, 0.15) is 12.0 Å². The second kappa shape index (κ2) is 5.12. The summed E-state index contributed by atoms with van der Waals surface area (Å²) >= 11 is 0. The van der Waals surface area contributed by atoms with E-state index in [-0.39, 0.29) is 17.9 Å². The number of ether oxygens (including phenoxy) is 1. The molecule has 1 aromatic rings. The predicted octanol–water partition coefficient (Wildman–Crippen LogP) is 0.311. The van der Waals surface area contributed by atoms with Crippen molar-refractivity contribution in [3.05, 3.63) is 29.8 Å². The van der Waals surface area contributed by atoms with Gasteiger partial charge in [0.15, 0.2) is 5.84 Å². The van der Waals surface area contributed by atoms with Crippen molar-refractivity contribution in [3.63, 3.8) is 0 Å². The first-order chi connectivity index (χ1) is 9.99. The van der Waals surface area contributed by atoms with Crippen LogP contribution < -0.4 is 0 Å². The molecular formula is C13H14N2O5S. The molecule has 2 aliphatic rings. The zero-order valence-electron chi connectivity index (χ0n) is 11.1. The van der Waals surface area contributed by atoms with Crippen molar-refractivity contribution < 1.29 is 23.1 Å². The number of aliphatic carboxylic acids is 1. The number of sulfonamides is 1. The van der Waals surface area contributed by atoms with Crippen LogP contribution in [0.15, 0.2) is 33.6 Å². The van der Waals surface area contributed by atoms with Gasteiger partial charge < -0.3 is 14.7 Å². The van der Waals surface area contributed by atoms with Gasteiger partial charge in [-0.15, -0.1) is 4.40 Å². The lowest BCUT2D eigenvalue weighted by atomic mass is 10.1. The number of hydrogen-bond donors (Lipinski definition) is 1. The SMILES string of the molecule is O=C(O)CC1COCCN1C1=NS(=O)(=O)c2ccccc21. The molecule has 1 unspecified atom stereocenters. The van der Waals surface area contributed by atoms with Crippen molar-refractivity contribution in [2.45, 2.75) is 17.4 Å². The Bertz CT molecular complexity index is 713. The fourth-order valence-corrected chi connectivity index (χ4v) is 3.82. The van der Waals surface area contributed by atoms with Gasteiger partial charge in [-0.2, -0.15) is 8.42 Å². The molecule has 2 heterocycles. The molecule has 112 valence electrons. The van der Waals surface area contributed by atoms with Crippen molar-refractivity contribution in [3.8, 4) is 0 Å². The number of nitrogens with zero attached hydrogens (tertiary/aromatic N) is 2. The van der Waals surface area contributed by atoms with Gasteiger partial charge in [-0.1, -0.05) is 12.1 Å². The molecule has 8 heteroatoms. The Balaban J connectivity index is 2.01. The fraction of sp³-hybridized carbons (Fsp3) is 0.385. The Morgan fingerprint density at radius 2 is 2.19 bits per heavy atom. The number of fused-ring (bicyclic) bond motifs is 1. The van der Waals surface area contributed by atoms with Gasteiger partial charge >= 0.3 is 5.97 Å². The van der Waals surface area contributed by atoms with Crippen molar-refractivity contribution in [2.75, 3.05) is 19.8 Å². The summed E-state index contributed by atoms with van der Waals surface area (Å²) in [7, 11) is -3.70. The van der Waals surface area contributed by atoms with E-state index in [1.54, 1.807) is 23.1 Å². The van der Waals surface area contributed by atoms with Crippen LogP contribution in [0, 0.1) is 0 Å². The molecule has 0 amide bonds. The van der Waals surface area contributed by atoms with E-state index in [9.17, 15) is 13.2 Å². The molecular weight excluding hydrogens is 296 g/mol. The molecule has 0 radical (unpaired) electrons. The topological polar surface area (TPSA) is 96.3 Å². The summed E-state index contributed by atoms with van der Waals surface area (Å²) < 4.78 is 33.3. The highest BCUT2D eigenvalue weighted by Gasteiger charge is 2.36. The molecule has 0 aromatic heterocycles. The molecule has 7 nitrogen and oxygen atoms in total. The Labute approximate surface area is 121 Å². The summed E-state index contributed by atoms with van der Waals surface area (Å²) in [5.41, 5.74) is 0.523. The number of carboxylic acids is 1. The molecule has 1 atom stereocenters. The van der Waals surface area contributed by atoms with E-state index in [2.05, 4.69) is 4.40 Å². The van der Waals surface area contributed by atoms with Gasteiger partial charge in [0.2, 0.25) is 0 Å². The van der Waals surface area contributed by atoms with Gasteiger partial charge in [0, 0.05) is 12.1 Å². The van der Waals surface area contributed by atoms with Gasteiger partial charge in [0.05, 0.1) is 25.7 Å². The molecule has 0 bridgehead atoms. The maximum absolute atomic E-state index is 12.1. The summed E-state index contributed by atoms with van der Waals surface area (Å²) in [5.74, 6) is -0.634. The van der Waals surface area contributed by atoms with Crippen LogP contribution in [0.5, 0.6) is 0 Å². The van der Waals surface area contributed by atoms with E-state index >= 15 is 0 Å². The van der Waals surface area contributed by atoms with Gasteiger partial charge in [-0.25, -0.2) is 0 Å². The summed E-state index contributed by atoms with van der Waals surface area (Å²) in [5, 5.41) is 8.98. The Morgan fingerprint density at radius 3 is 2.95 bits per heavy atom. The van der Waals surface area contributed by atoms with E-state index in [4.69, 9.17) is 9.84 Å². The molecule has 2 aliphatic heterocycles. The molecule has 1 aromatic carbocycles. The van der Waals surface area contributed by atoms with Crippen LogP contribution in [-0.2, 0) is 19.6 Å². The summed E-state index contributed by atoms with van der Waals surface area (Å²) in [6.45, 7) is 1.07. The predicted molar refractivity (Wildman–Crippen MR) is 73.7 cm³/mol. The maximum atomic E-state index is 12.1. The minimum absolute atomic E-state index is 0.124. The first-order valence-electron chi connectivity index (χ1n) is 6.49. The molecule has 1 saturated heterocycles. The third-order valence-corrected chi connectivity index (χ3v) is 4.85. The van der Waals surface area contributed by atoms with Crippen LogP contribution in [0.4, 0.5) is 0 Å². The number of carbonyl (C=O) groups is 1. The number of amidine groups is 1. The third-order valence-electron chi connectivity index (χ3n) is 3.52. The van der Waals surface area contributed by atoms with Crippen LogP contribution in [-0.4, -0.2) is 56.0 Å². The third kappa shape index (κ3) is 2.52. The lowest BCUT2D eigenvalue weighted by molar-refractivity contribution is -0.139. The highest BCUT2D eigenvalue weighted by molar-refractivity contribution is 7.90. The smallest absolute Gasteiger partial charge is 0.305 e. The molecule has 1 N–H and O–H groups in total. The van der Waals surface area contributed by atoms with Crippen LogP contribution in [0.2, 0.25) is 0 Å². The Morgan fingerprint density at radius 1 is 1.43 bits per heavy atom. The number of carboxylic acid groups (broad SMARTS) is 1. The van der Waals surface area contributed by atoms with E-state index in [1.165, 1.54) is 6.07 Å². The van der Waals surface area contributed by atoms with E-state index in [0.29, 0.717) is 24.6 Å². The minimum Gasteiger partial charge on any atom is -0.481 e. The lowest BCUT2D eigenvalue weighted by Gasteiger charge is -2.36. The maximum Gasteiger partial charge on any atom is 0.305 e. The van der Waals surface area contributed by atoms with Gasteiger partial charge in [-0.05, 0) is 12.1 Å². The quantitative estimate of drug-likeness (QED) is 0.844. The van der Waals surface area contributed by atoms with Crippen molar-refractivity contribution in [1.82, 2.24) is 4.90 Å². The van der Waals surface area contributed by atoms with E-state index < -0.39 is 22.0 Å². The van der Waals surface area contributed by atoms with Crippen molar-refractivity contribution in [1.29, 1.82) is 0 Å². The molecule has 3 rings (SSSR count). The highest BCUT2D eigenvalue weighted by atomic mass is 32.2. The molecule has 0 saturated carbocycles. The lowest BCUT2D eigenvalue weighted by Crippen LogP contribution is -2.49. The average Bonchev–Trinajstić information content (AvgIpc) is 2.71. The molecule has 1 fully saturated rings. The van der Waals surface area contributed by atoms with E-state index in [0.717, 1.165) is 0 Å². The number of rotatable bonds is 2. The van der Waals surface area contributed by atoms with Crippen molar-refractivity contribution >= 4 is 21.8 Å². The zero-order valence-corrected chi connectivity index (χ0v) is 11.9. The van der Waals surface area contributed by atoms with Crippen LogP contribution in [0.3, 0.4) is 0 Å². The monoisotopic (exact) mass is 310 g/mol. The average molecular weight is 310 g/mol. The van der Waals surface area contributed by atoms with Crippen LogP contribution in [0.25, 0.3) is 0 Å². The van der Waals surface area contributed by atoms with Gasteiger partial charge in [-0.3, -0.25) is 4.79 Å². The standard InChI is InChI=1S/C13H14N2O5S/c16-12(17)7-9-8-20-6-5-15(9)13-10-3-1-2-4-11(10)21(18,19)14-13/h1-4,9H,5-8H2,(H,16,17).